The van der Waals surface area contributed by atoms with E-state index in [4.69, 9.17) is 11.1 Å². The maximum atomic E-state index is 7.21. The highest BCUT2D eigenvalue weighted by Gasteiger charge is 2.05. The fraction of sp³-hybridized carbons (Fsp3) is 0.214. The molecule has 0 aliphatic carbocycles. The average molecular weight is 334 g/mol. The molecule has 0 saturated heterocycles. The summed E-state index contributed by atoms with van der Waals surface area (Å²) in [6.45, 7) is 0.899. The van der Waals surface area contributed by atoms with E-state index in [1.807, 2.05) is 29.6 Å². The molecule has 0 bridgehead atoms. The molecule has 2 aromatic rings. The van der Waals surface area contributed by atoms with Gasteiger partial charge in [-0.1, -0.05) is 12.1 Å². The number of rotatable bonds is 7. The summed E-state index contributed by atoms with van der Waals surface area (Å²) in [4.78, 5) is 8.78. The summed E-state index contributed by atoms with van der Waals surface area (Å²) in [5.41, 5.74) is 7.97. The van der Waals surface area contributed by atoms with Crippen LogP contribution in [0.4, 0.5) is 10.8 Å². The standard InChI is InChI=1S/C14H18N6S2/c1-21-6-5-17-9-18-11-4-2-3-10(7-11)12-8-22-14(19-12)20-13(15)16/h2-4,7-9H,5-6H2,1H3,(H,17,18)(H4,15,16,19,20). The van der Waals surface area contributed by atoms with Crippen LogP contribution in [0.5, 0.6) is 0 Å². The molecule has 0 unspecified atom stereocenters. The van der Waals surface area contributed by atoms with Gasteiger partial charge in [0.2, 0.25) is 0 Å². The zero-order valence-electron chi connectivity index (χ0n) is 12.2. The molecule has 0 fully saturated rings. The van der Waals surface area contributed by atoms with Gasteiger partial charge >= 0.3 is 0 Å². The van der Waals surface area contributed by atoms with Gasteiger partial charge in [-0.05, 0) is 18.4 Å². The first-order valence-electron chi connectivity index (χ1n) is 6.61. The Kier molecular flexibility index (Phi) is 6.23. The first-order valence-corrected chi connectivity index (χ1v) is 8.88. The lowest BCUT2D eigenvalue weighted by molar-refractivity contribution is 1.000. The third-order valence-electron chi connectivity index (χ3n) is 2.64. The van der Waals surface area contributed by atoms with Crippen LogP contribution in [-0.4, -0.2) is 35.8 Å². The molecule has 1 heterocycles. The fourth-order valence-electron chi connectivity index (χ4n) is 1.67. The van der Waals surface area contributed by atoms with Crippen LogP contribution in [-0.2, 0) is 0 Å². The van der Waals surface area contributed by atoms with Gasteiger partial charge in [0.1, 0.15) is 0 Å². The van der Waals surface area contributed by atoms with Crippen molar-refractivity contribution in [1.29, 1.82) is 5.41 Å². The van der Waals surface area contributed by atoms with E-state index in [2.05, 4.69) is 26.9 Å². The van der Waals surface area contributed by atoms with Gasteiger partial charge in [-0.15, -0.1) is 11.3 Å². The SMILES string of the molecule is CSCCN/C=N/c1cccc(-c2csc(NC(=N)N)n2)c1. The number of hydrogen-bond acceptors (Lipinski definition) is 5. The third kappa shape index (κ3) is 5.05. The van der Waals surface area contributed by atoms with Crippen molar-refractivity contribution >= 4 is 46.2 Å². The Bertz CT molecular complexity index is 652. The lowest BCUT2D eigenvalue weighted by Gasteiger charge is -2.00. The third-order valence-corrected chi connectivity index (χ3v) is 4.01. The van der Waals surface area contributed by atoms with Crippen LogP contribution in [0, 0.1) is 5.41 Å². The van der Waals surface area contributed by atoms with Crippen molar-refractivity contribution in [2.24, 2.45) is 10.7 Å². The minimum absolute atomic E-state index is 0.115. The molecule has 8 heteroatoms. The molecule has 22 heavy (non-hydrogen) atoms. The molecule has 0 spiro atoms. The quantitative estimate of drug-likeness (QED) is 0.354. The number of thiazole rings is 1. The summed E-state index contributed by atoms with van der Waals surface area (Å²) in [7, 11) is 0. The highest BCUT2D eigenvalue weighted by molar-refractivity contribution is 7.98. The first kappa shape index (κ1) is 16.3. The van der Waals surface area contributed by atoms with Crippen molar-refractivity contribution < 1.29 is 0 Å². The number of guanidine groups is 1. The fourth-order valence-corrected chi connectivity index (χ4v) is 2.72. The Labute approximate surface area is 137 Å². The largest absolute Gasteiger partial charge is 0.375 e. The first-order chi connectivity index (χ1) is 10.7. The van der Waals surface area contributed by atoms with E-state index in [1.54, 1.807) is 18.1 Å². The van der Waals surface area contributed by atoms with Gasteiger partial charge in [0.25, 0.3) is 0 Å². The molecule has 2 rings (SSSR count). The van der Waals surface area contributed by atoms with E-state index < -0.39 is 0 Å². The van der Waals surface area contributed by atoms with E-state index in [1.165, 1.54) is 11.3 Å². The van der Waals surface area contributed by atoms with Gasteiger partial charge < -0.3 is 16.4 Å². The van der Waals surface area contributed by atoms with Crippen LogP contribution in [0.1, 0.15) is 0 Å². The van der Waals surface area contributed by atoms with Crippen molar-refractivity contribution in [1.82, 2.24) is 10.3 Å². The summed E-state index contributed by atoms with van der Waals surface area (Å²) >= 11 is 3.20. The Morgan fingerprint density at radius 3 is 3.18 bits per heavy atom. The van der Waals surface area contributed by atoms with Crippen molar-refractivity contribution in [3.05, 3.63) is 29.6 Å². The van der Waals surface area contributed by atoms with E-state index in [9.17, 15) is 0 Å². The van der Waals surface area contributed by atoms with E-state index in [0.29, 0.717) is 5.13 Å². The predicted molar refractivity (Wildman–Crippen MR) is 97.6 cm³/mol. The van der Waals surface area contributed by atoms with Crippen molar-refractivity contribution in [3.8, 4) is 11.3 Å². The Morgan fingerprint density at radius 2 is 2.41 bits per heavy atom. The Morgan fingerprint density at radius 1 is 1.55 bits per heavy atom. The normalized spacial score (nSPS) is 10.8. The van der Waals surface area contributed by atoms with Crippen LogP contribution in [0.15, 0.2) is 34.6 Å². The average Bonchev–Trinajstić information content (AvgIpc) is 2.95. The van der Waals surface area contributed by atoms with Crippen LogP contribution in [0.25, 0.3) is 11.3 Å². The summed E-state index contributed by atoms with van der Waals surface area (Å²) in [5.74, 6) is 0.937. The lowest BCUT2D eigenvalue weighted by atomic mass is 10.1. The van der Waals surface area contributed by atoms with Gasteiger partial charge in [-0.3, -0.25) is 5.41 Å². The zero-order chi connectivity index (χ0) is 15.8. The Balaban J connectivity index is 2.04. The molecule has 0 aliphatic rings. The molecule has 0 radical (unpaired) electrons. The number of nitrogens with two attached hydrogens (primary N) is 1. The molecule has 0 atom stereocenters. The number of hydrogen-bond donors (Lipinski definition) is 4. The molecule has 116 valence electrons. The number of nitrogens with zero attached hydrogens (tertiary/aromatic N) is 2. The van der Waals surface area contributed by atoms with Gasteiger partial charge in [0, 0.05) is 23.2 Å². The monoisotopic (exact) mass is 334 g/mol. The van der Waals surface area contributed by atoms with E-state index >= 15 is 0 Å². The van der Waals surface area contributed by atoms with Gasteiger partial charge in [-0.2, -0.15) is 11.8 Å². The second-order valence-electron chi connectivity index (χ2n) is 4.33. The predicted octanol–water partition coefficient (Wildman–Crippen LogP) is 2.73. The van der Waals surface area contributed by atoms with Crippen molar-refractivity contribution in [2.45, 2.75) is 0 Å². The summed E-state index contributed by atoms with van der Waals surface area (Å²) in [6.07, 6.45) is 3.80. The lowest BCUT2D eigenvalue weighted by Crippen LogP contribution is -2.20. The molecule has 5 N–H and O–H groups in total. The number of aromatic nitrogens is 1. The van der Waals surface area contributed by atoms with Crippen molar-refractivity contribution in [2.75, 3.05) is 23.9 Å². The summed E-state index contributed by atoms with van der Waals surface area (Å²) < 4.78 is 0. The van der Waals surface area contributed by atoms with Crippen LogP contribution >= 0.6 is 23.1 Å². The topological polar surface area (TPSA) is 99.2 Å². The smallest absolute Gasteiger partial charge is 0.192 e. The molecule has 0 saturated carbocycles. The minimum atomic E-state index is -0.115. The minimum Gasteiger partial charge on any atom is -0.375 e. The van der Waals surface area contributed by atoms with Gasteiger partial charge in [0.05, 0.1) is 17.7 Å². The second kappa shape index (κ2) is 8.40. The zero-order valence-corrected chi connectivity index (χ0v) is 13.8. The summed E-state index contributed by atoms with van der Waals surface area (Å²) in [6, 6.07) is 7.84. The highest BCUT2D eigenvalue weighted by Crippen LogP contribution is 2.27. The second-order valence-corrected chi connectivity index (χ2v) is 6.18. The number of aliphatic imine (C=N–C) groups is 1. The van der Waals surface area contributed by atoms with Crippen LogP contribution in [0.2, 0.25) is 0 Å². The molecule has 1 aromatic carbocycles. The maximum absolute atomic E-state index is 7.21. The molecular formula is C14H18N6S2. The van der Waals surface area contributed by atoms with Gasteiger partial charge in [0.15, 0.2) is 11.1 Å². The summed E-state index contributed by atoms with van der Waals surface area (Å²) in [5, 5.41) is 15.6. The number of thioether (sulfide) groups is 1. The highest BCUT2D eigenvalue weighted by atomic mass is 32.2. The van der Waals surface area contributed by atoms with Crippen molar-refractivity contribution in [3.63, 3.8) is 0 Å². The number of anilines is 1. The van der Waals surface area contributed by atoms with Gasteiger partial charge in [-0.25, -0.2) is 9.98 Å². The van der Waals surface area contributed by atoms with Crippen LogP contribution in [0.3, 0.4) is 0 Å². The molecule has 0 amide bonds. The maximum Gasteiger partial charge on any atom is 0.192 e. The molecule has 1 aromatic heterocycles. The Hall–Kier alpha value is -2.06. The van der Waals surface area contributed by atoms with E-state index in [0.717, 1.165) is 29.2 Å². The van der Waals surface area contributed by atoms with Crippen LogP contribution < -0.4 is 16.4 Å². The van der Waals surface area contributed by atoms with E-state index in [-0.39, 0.29) is 5.96 Å². The molecule has 6 nitrogen and oxygen atoms in total. The number of benzene rings is 1. The molecule has 0 aliphatic heterocycles. The molecular weight excluding hydrogens is 316 g/mol. The number of nitrogens with one attached hydrogen (secondary N) is 3.